The van der Waals surface area contributed by atoms with E-state index in [-0.39, 0.29) is 24.8 Å². The number of nitrogens with one attached hydrogen (secondary N) is 4. The Morgan fingerprint density at radius 2 is 1.89 bits per heavy atom. The van der Waals surface area contributed by atoms with Crippen LogP contribution in [0.4, 0.5) is 0 Å². The van der Waals surface area contributed by atoms with Crippen LogP contribution in [0.1, 0.15) is 36.5 Å². The van der Waals surface area contributed by atoms with Gasteiger partial charge in [0.05, 0.1) is 17.9 Å². The summed E-state index contributed by atoms with van der Waals surface area (Å²) in [7, 11) is 0. The van der Waals surface area contributed by atoms with Gasteiger partial charge in [-0.15, -0.1) is 0 Å². The van der Waals surface area contributed by atoms with Gasteiger partial charge in [0.15, 0.2) is 0 Å². The maximum atomic E-state index is 12.2. The summed E-state index contributed by atoms with van der Waals surface area (Å²) in [4.78, 5) is 47.5. The maximum Gasteiger partial charge on any atom is 0.325 e. The van der Waals surface area contributed by atoms with Crippen LogP contribution in [0.5, 0.6) is 0 Å². The van der Waals surface area contributed by atoms with Gasteiger partial charge in [-0.3, -0.25) is 14.6 Å². The van der Waals surface area contributed by atoms with Gasteiger partial charge in [0.25, 0.3) is 5.56 Å². The van der Waals surface area contributed by atoms with Gasteiger partial charge in [-0.25, -0.2) is 9.78 Å². The Morgan fingerprint density at radius 3 is 2.59 bits per heavy atom. The molecule has 3 aromatic rings. The SMILES string of the molecule is Cc1[nH]c(=O)[nH]c(=O)c1CCC(=O)NC(C)c1ncc(-c2ccccc2)[nH]1. The van der Waals surface area contributed by atoms with E-state index in [1.165, 1.54) is 0 Å². The third-order valence-electron chi connectivity index (χ3n) is 4.32. The van der Waals surface area contributed by atoms with E-state index < -0.39 is 11.2 Å². The van der Waals surface area contributed by atoms with Crippen LogP contribution >= 0.6 is 0 Å². The van der Waals surface area contributed by atoms with Crippen molar-refractivity contribution in [1.82, 2.24) is 25.3 Å². The highest BCUT2D eigenvalue weighted by Gasteiger charge is 2.15. The second kappa shape index (κ2) is 7.86. The van der Waals surface area contributed by atoms with E-state index >= 15 is 0 Å². The number of benzene rings is 1. The van der Waals surface area contributed by atoms with Crippen LogP contribution in [0.15, 0.2) is 46.1 Å². The molecule has 0 aliphatic rings. The fourth-order valence-electron chi connectivity index (χ4n) is 2.87. The number of aromatic amines is 3. The molecule has 0 saturated carbocycles. The summed E-state index contributed by atoms with van der Waals surface area (Å²) in [5.41, 5.74) is 1.76. The molecule has 0 saturated heterocycles. The summed E-state index contributed by atoms with van der Waals surface area (Å²) in [6.07, 6.45) is 2.10. The molecule has 0 aliphatic heterocycles. The molecule has 8 heteroatoms. The first-order chi connectivity index (χ1) is 12.9. The fraction of sp³-hybridized carbons (Fsp3) is 0.263. The lowest BCUT2D eigenvalue weighted by atomic mass is 10.1. The maximum absolute atomic E-state index is 12.2. The molecule has 0 bridgehead atoms. The second-order valence-corrected chi connectivity index (χ2v) is 6.35. The van der Waals surface area contributed by atoms with E-state index in [9.17, 15) is 14.4 Å². The number of aryl methyl sites for hydroxylation is 1. The van der Waals surface area contributed by atoms with Crippen molar-refractivity contribution in [2.45, 2.75) is 32.7 Å². The van der Waals surface area contributed by atoms with Gasteiger partial charge in [-0.1, -0.05) is 30.3 Å². The number of imidazole rings is 1. The first-order valence-electron chi connectivity index (χ1n) is 8.66. The molecule has 3 rings (SSSR count). The number of aromatic nitrogens is 4. The van der Waals surface area contributed by atoms with E-state index in [1.807, 2.05) is 37.3 Å². The van der Waals surface area contributed by atoms with E-state index in [1.54, 1.807) is 13.1 Å². The number of H-pyrrole nitrogens is 3. The highest BCUT2D eigenvalue weighted by atomic mass is 16.2. The lowest BCUT2D eigenvalue weighted by Gasteiger charge is -2.12. The summed E-state index contributed by atoms with van der Waals surface area (Å²) >= 11 is 0. The quantitative estimate of drug-likeness (QED) is 0.528. The summed E-state index contributed by atoms with van der Waals surface area (Å²) in [6, 6.07) is 9.49. The number of rotatable bonds is 6. The standard InChI is InChI=1S/C19H21N5O3/c1-11-14(18(26)24-19(27)22-11)8-9-16(25)21-12(2)17-20-10-15(23-17)13-6-4-3-5-7-13/h3-7,10,12H,8-9H2,1-2H3,(H,20,23)(H,21,25)(H2,22,24,26,27). The van der Waals surface area contributed by atoms with Crippen molar-refractivity contribution >= 4 is 5.91 Å². The van der Waals surface area contributed by atoms with E-state index in [4.69, 9.17) is 0 Å². The van der Waals surface area contributed by atoms with Crippen LogP contribution in [-0.4, -0.2) is 25.8 Å². The predicted octanol–water partition coefficient (Wildman–Crippen LogP) is 1.57. The third-order valence-corrected chi connectivity index (χ3v) is 4.32. The zero-order valence-electron chi connectivity index (χ0n) is 15.1. The molecule has 140 valence electrons. The first-order valence-corrected chi connectivity index (χ1v) is 8.66. The van der Waals surface area contributed by atoms with Gasteiger partial charge in [0.2, 0.25) is 5.91 Å². The Balaban J connectivity index is 1.61. The van der Waals surface area contributed by atoms with Gasteiger partial charge < -0.3 is 15.3 Å². The van der Waals surface area contributed by atoms with Gasteiger partial charge in [-0.05, 0) is 25.8 Å². The number of carbonyl (C=O) groups excluding carboxylic acids is 1. The molecule has 0 fully saturated rings. The minimum Gasteiger partial charge on any atom is -0.346 e. The molecular weight excluding hydrogens is 346 g/mol. The van der Waals surface area contributed by atoms with E-state index in [0.717, 1.165) is 11.3 Å². The second-order valence-electron chi connectivity index (χ2n) is 6.35. The molecule has 0 spiro atoms. The van der Waals surface area contributed by atoms with Crippen LogP contribution in [0.25, 0.3) is 11.3 Å². The largest absolute Gasteiger partial charge is 0.346 e. The molecule has 2 aromatic heterocycles. The van der Waals surface area contributed by atoms with Crippen LogP contribution in [0.3, 0.4) is 0 Å². The van der Waals surface area contributed by atoms with Crippen LogP contribution in [0.2, 0.25) is 0 Å². The number of amides is 1. The number of nitrogens with zero attached hydrogens (tertiary/aromatic N) is 1. The molecule has 4 N–H and O–H groups in total. The molecule has 27 heavy (non-hydrogen) atoms. The monoisotopic (exact) mass is 367 g/mol. The van der Waals surface area contributed by atoms with E-state index in [0.29, 0.717) is 17.1 Å². The molecule has 1 atom stereocenters. The van der Waals surface area contributed by atoms with E-state index in [2.05, 4.69) is 25.3 Å². The summed E-state index contributed by atoms with van der Waals surface area (Å²) in [5, 5.41) is 2.86. The topological polar surface area (TPSA) is 124 Å². The molecule has 1 unspecified atom stereocenters. The summed E-state index contributed by atoms with van der Waals surface area (Å²) < 4.78 is 0. The summed E-state index contributed by atoms with van der Waals surface area (Å²) in [5.74, 6) is 0.449. The smallest absolute Gasteiger partial charge is 0.325 e. The van der Waals surface area contributed by atoms with Crippen LogP contribution < -0.4 is 16.6 Å². The Morgan fingerprint density at radius 1 is 1.15 bits per heavy atom. The zero-order chi connectivity index (χ0) is 19.4. The summed E-state index contributed by atoms with van der Waals surface area (Å²) in [6.45, 7) is 3.48. The average molecular weight is 367 g/mol. The van der Waals surface area contributed by atoms with Gasteiger partial charge in [0, 0.05) is 17.7 Å². The highest BCUT2D eigenvalue weighted by molar-refractivity contribution is 5.76. The average Bonchev–Trinajstić information content (AvgIpc) is 3.12. The molecule has 2 heterocycles. The fourth-order valence-corrected chi connectivity index (χ4v) is 2.87. The number of hydrogen-bond donors (Lipinski definition) is 4. The molecule has 0 aliphatic carbocycles. The van der Waals surface area contributed by atoms with Gasteiger partial charge in [0.1, 0.15) is 5.82 Å². The zero-order valence-corrected chi connectivity index (χ0v) is 15.1. The van der Waals surface area contributed by atoms with Gasteiger partial charge in [-0.2, -0.15) is 0 Å². The molecule has 1 amide bonds. The van der Waals surface area contributed by atoms with Crippen molar-refractivity contribution in [3.05, 3.63) is 74.4 Å². The number of carbonyl (C=O) groups is 1. The molecular formula is C19H21N5O3. The van der Waals surface area contributed by atoms with Crippen molar-refractivity contribution in [2.24, 2.45) is 0 Å². The Labute approximate surface area is 155 Å². The normalized spacial score (nSPS) is 11.9. The minimum atomic E-state index is -0.550. The van der Waals surface area contributed by atoms with Crippen LogP contribution in [-0.2, 0) is 11.2 Å². The highest BCUT2D eigenvalue weighted by Crippen LogP contribution is 2.18. The lowest BCUT2D eigenvalue weighted by Crippen LogP contribution is -2.30. The van der Waals surface area contributed by atoms with Crippen molar-refractivity contribution in [2.75, 3.05) is 0 Å². The van der Waals surface area contributed by atoms with Crippen LogP contribution in [0, 0.1) is 6.92 Å². The Bertz CT molecular complexity index is 1050. The Kier molecular flexibility index (Phi) is 5.35. The number of hydrogen-bond acceptors (Lipinski definition) is 4. The Hall–Kier alpha value is -3.42. The van der Waals surface area contributed by atoms with Crippen molar-refractivity contribution in [3.8, 4) is 11.3 Å². The van der Waals surface area contributed by atoms with Crippen molar-refractivity contribution < 1.29 is 4.79 Å². The lowest BCUT2D eigenvalue weighted by molar-refractivity contribution is -0.121. The third kappa shape index (κ3) is 4.41. The molecule has 1 aromatic carbocycles. The molecule has 8 nitrogen and oxygen atoms in total. The van der Waals surface area contributed by atoms with Crippen molar-refractivity contribution in [1.29, 1.82) is 0 Å². The van der Waals surface area contributed by atoms with Gasteiger partial charge >= 0.3 is 5.69 Å². The minimum absolute atomic E-state index is 0.132. The molecule has 0 radical (unpaired) electrons. The predicted molar refractivity (Wildman–Crippen MR) is 101 cm³/mol. The van der Waals surface area contributed by atoms with Crippen molar-refractivity contribution in [3.63, 3.8) is 0 Å². The first kappa shape index (κ1) is 18.4.